The summed E-state index contributed by atoms with van der Waals surface area (Å²) >= 11 is 0. The van der Waals surface area contributed by atoms with Crippen molar-refractivity contribution >= 4 is 16.7 Å². The van der Waals surface area contributed by atoms with Gasteiger partial charge in [0.1, 0.15) is 6.73 Å². The van der Waals surface area contributed by atoms with Gasteiger partial charge in [-0.05, 0) is 44.4 Å². The largest absolute Gasteiger partial charge is 0.500 e. The van der Waals surface area contributed by atoms with Crippen LogP contribution in [-0.2, 0) is 22.7 Å². The van der Waals surface area contributed by atoms with E-state index in [9.17, 15) is 9.90 Å². The van der Waals surface area contributed by atoms with E-state index in [-0.39, 0.29) is 24.5 Å². The van der Waals surface area contributed by atoms with Crippen LogP contribution in [0.1, 0.15) is 30.6 Å². The molecule has 0 spiro atoms. The molecule has 2 aromatic rings. The third-order valence-corrected chi connectivity index (χ3v) is 6.80. The van der Waals surface area contributed by atoms with E-state index >= 15 is 0 Å². The molecule has 1 N–H and O–H groups in total. The van der Waals surface area contributed by atoms with Crippen LogP contribution in [0.3, 0.4) is 0 Å². The lowest BCUT2D eigenvalue weighted by Crippen LogP contribution is -2.55. The Kier molecular flexibility index (Phi) is 3.52. The smallest absolute Gasteiger partial charge is 0.159 e. The average Bonchev–Trinajstić information content (AvgIpc) is 2.95. The Morgan fingerprint density at radius 3 is 2.92 bits per heavy atom. The Labute approximate surface area is 152 Å². The number of nitrogens with zero attached hydrogens (tertiary/aromatic N) is 2. The van der Waals surface area contributed by atoms with Gasteiger partial charge in [0, 0.05) is 28.6 Å². The molecular weight excluding hydrogens is 328 g/mol. The van der Waals surface area contributed by atoms with E-state index in [2.05, 4.69) is 34.7 Å². The summed E-state index contributed by atoms with van der Waals surface area (Å²) in [5.74, 6) is 0.695. The van der Waals surface area contributed by atoms with Crippen molar-refractivity contribution in [3.05, 3.63) is 47.4 Å². The topological polar surface area (TPSA) is 54.7 Å². The van der Waals surface area contributed by atoms with Crippen molar-refractivity contribution in [2.24, 2.45) is 11.8 Å². The maximum absolute atomic E-state index is 12.2. The summed E-state index contributed by atoms with van der Waals surface area (Å²) in [6.07, 6.45) is 3.52. The summed E-state index contributed by atoms with van der Waals surface area (Å²) in [6, 6.07) is 8.92. The zero-order chi connectivity index (χ0) is 18.0. The van der Waals surface area contributed by atoms with Crippen LogP contribution >= 0.6 is 0 Å². The standard InChI is InChI=1S/C21H24N2O3/c1-12(25)16-9-26-10-17-14(16)7-20-21-15(8-19(17)22(20)2)13-5-3-4-6-18(13)23(21)11-24/h3-6,9,14,17,19-20,24H,7-8,10-11H2,1-2H3. The van der Waals surface area contributed by atoms with Crippen LogP contribution in [-0.4, -0.2) is 40.1 Å². The number of piperidine rings is 1. The van der Waals surface area contributed by atoms with Crippen molar-refractivity contribution < 1.29 is 14.6 Å². The van der Waals surface area contributed by atoms with Gasteiger partial charge in [-0.15, -0.1) is 0 Å². The first-order valence-corrected chi connectivity index (χ1v) is 9.37. The van der Waals surface area contributed by atoms with E-state index < -0.39 is 0 Å². The number of aliphatic hydroxyl groups is 1. The normalized spacial score (nSPS) is 30.3. The predicted octanol–water partition coefficient (Wildman–Crippen LogP) is 2.63. The Hall–Kier alpha value is -2.11. The molecule has 4 atom stereocenters. The minimum atomic E-state index is -0.0164. The third kappa shape index (κ3) is 2.01. The lowest BCUT2D eigenvalue weighted by atomic mass is 9.67. The molecule has 3 aliphatic heterocycles. The van der Waals surface area contributed by atoms with Gasteiger partial charge in [0.15, 0.2) is 5.78 Å². The van der Waals surface area contributed by atoms with Gasteiger partial charge >= 0.3 is 0 Å². The Balaban J connectivity index is 1.69. The van der Waals surface area contributed by atoms with E-state index in [0.717, 1.165) is 23.9 Å². The molecule has 0 amide bonds. The average molecular weight is 352 g/mol. The molecule has 26 heavy (non-hydrogen) atoms. The Morgan fingerprint density at radius 1 is 1.35 bits per heavy atom. The first-order chi connectivity index (χ1) is 12.6. The maximum Gasteiger partial charge on any atom is 0.159 e. The molecule has 5 nitrogen and oxygen atoms in total. The number of para-hydroxylation sites is 1. The van der Waals surface area contributed by atoms with Gasteiger partial charge in [0.05, 0.1) is 24.4 Å². The van der Waals surface area contributed by atoms with Crippen LogP contribution in [0, 0.1) is 11.8 Å². The highest BCUT2D eigenvalue weighted by atomic mass is 16.5. The van der Waals surface area contributed by atoms with Gasteiger partial charge in [-0.1, -0.05) is 18.2 Å². The second kappa shape index (κ2) is 5.69. The highest BCUT2D eigenvalue weighted by molar-refractivity contribution is 5.94. The maximum atomic E-state index is 12.2. The quantitative estimate of drug-likeness (QED) is 0.903. The van der Waals surface area contributed by atoms with Gasteiger partial charge in [-0.2, -0.15) is 0 Å². The molecule has 5 rings (SSSR count). The minimum absolute atomic E-state index is 0.0164. The number of fused-ring (bicyclic) bond motifs is 8. The molecule has 1 fully saturated rings. The lowest BCUT2D eigenvalue weighted by molar-refractivity contribution is -0.116. The van der Waals surface area contributed by atoms with Crippen LogP contribution in [0.4, 0.5) is 0 Å². The van der Waals surface area contributed by atoms with Crippen molar-refractivity contribution in [3.8, 4) is 0 Å². The molecule has 1 saturated heterocycles. The highest BCUT2D eigenvalue weighted by Gasteiger charge is 2.50. The molecule has 4 heterocycles. The van der Waals surface area contributed by atoms with E-state index in [1.54, 1.807) is 13.2 Å². The van der Waals surface area contributed by atoms with Crippen LogP contribution in [0.5, 0.6) is 0 Å². The van der Waals surface area contributed by atoms with E-state index in [1.807, 2.05) is 6.07 Å². The summed E-state index contributed by atoms with van der Waals surface area (Å²) in [7, 11) is 2.18. The number of ether oxygens (including phenoxy) is 1. The van der Waals surface area contributed by atoms with Gasteiger partial charge in [-0.3, -0.25) is 9.69 Å². The lowest BCUT2D eigenvalue weighted by Gasteiger charge is -2.53. The van der Waals surface area contributed by atoms with E-state index in [1.165, 1.54) is 16.6 Å². The monoisotopic (exact) mass is 352 g/mol. The number of aliphatic hydroxyl groups excluding tert-OH is 1. The summed E-state index contributed by atoms with van der Waals surface area (Å²) in [4.78, 5) is 14.6. The first-order valence-electron chi connectivity index (χ1n) is 9.37. The number of likely N-dealkylation sites (N-methyl/N-ethyl adjacent to an activating group) is 1. The number of rotatable bonds is 2. The molecule has 0 aliphatic carbocycles. The molecule has 1 aromatic heterocycles. The second-order valence-corrected chi connectivity index (χ2v) is 7.87. The van der Waals surface area contributed by atoms with Crippen molar-refractivity contribution in [2.75, 3.05) is 13.7 Å². The number of Topliss-reactive ketones (excluding diaryl/α,β-unsaturated/α-hetero) is 1. The van der Waals surface area contributed by atoms with Crippen LogP contribution in [0.25, 0.3) is 10.9 Å². The van der Waals surface area contributed by atoms with Crippen LogP contribution in [0.15, 0.2) is 36.1 Å². The first kappa shape index (κ1) is 16.1. The summed E-state index contributed by atoms with van der Waals surface area (Å²) in [5.41, 5.74) is 4.52. The molecule has 5 heteroatoms. The van der Waals surface area contributed by atoms with Crippen LogP contribution < -0.4 is 0 Å². The molecule has 136 valence electrons. The van der Waals surface area contributed by atoms with Crippen molar-refractivity contribution in [2.45, 2.75) is 38.6 Å². The molecule has 3 aliphatic rings. The molecule has 0 saturated carbocycles. The minimum Gasteiger partial charge on any atom is -0.500 e. The van der Waals surface area contributed by atoms with Crippen molar-refractivity contribution in [3.63, 3.8) is 0 Å². The van der Waals surface area contributed by atoms with Crippen molar-refractivity contribution in [1.29, 1.82) is 0 Å². The van der Waals surface area contributed by atoms with Crippen LogP contribution in [0.2, 0.25) is 0 Å². The SMILES string of the molecule is CC(=O)C1=COCC2C1CC1c3c(c4ccccc4n3CO)CC2N1C. The fourth-order valence-corrected chi connectivity index (χ4v) is 5.60. The number of hydrogen-bond acceptors (Lipinski definition) is 4. The Bertz CT molecular complexity index is 929. The molecule has 2 bridgehead atoms. The van der Waals surface area contributed by atoms with Gasteiger partial charge in [-0.25, -0.2) is 0 Å². The molecular formula is C21H24N2O3. The zero-order valence-electron chi connectivity index (χ0n) is 15.2. The number of benzene rings is 1. The number of allylic oxidation sites excluding steroid dienone is 1. The fraction of sp³-hybridized carbons (Fsp3) is 0.476. The molecule has 0 radical (unpaired) electrons. The number of carbonyl (C=O) groups is 1. The number of hydrogen-bond donors (Lipinski definition) is 1. The number of aromatic nitrogens is 1. The second-order valence-electron chi connectivity index (χ2n) is 7.87. The van der Waals surface area contributed by atoms with E-state index in [4.69, 9.17) is 4.74 Å². The number of ketones is 1. The number of carbonyl (C=O) groups excluding carboxylic acids is 1. The molecule has 1 aromatic carbocycles. The van der Waals surface area contributed by atoms with E-state index in [0.29, 0.717) is 18.6 Å². The van der Waals surface area contributed by atoms with Gasteiger partial charge < -0.3 is 14.4 Å². The predicted molar refractivity (Wildman–Crippen MR) is 98.5 cm³/mol. The van der Waals surface area contributed by atoms with Crippen molar-refractivity contribution in [1.82, 2.24) is 9.47 Å². The Morgan fingerprint density at radius 2 is 2.15 bits per heavy atom. The fourth-order valence-electron chi connectivity index (χ4n) is 5.60. The highest BCUT2D eigenvalue weighted by Crippen LogP contribution is 2.51. The zero-order valence-corrected chi connectivity index (χ0v) is 15.2. The summed E-state index contributed by atoms with van der Waals surface area (Å²) < 4.78 is 7.75. The van der Waals surface area contributed by atoms with Gasteiger partial charge in [0.25, 0.3) is 0 Å². The summed E-state index contributed by atoms with van der Waals surface area (Å²) in [6.45, 7) is 2.30. The molecule has 4 unspecified atom stereocenters. The third-order valence-electron chi connectivity index (χ3n) is 6.80. The van der Waals surface area contributed by atoms with Gasteiger partial charge in [0.2, 0.25) is 0 Å². The summed E-state index contributed by atoms with van der Waals surface area (Å²) in [5, 5.41) is 11.3.